The minimum Gasteiger partial charge on any atom is -0.507 e. The van der Waals surface area contributed by atoms with Gasteiger partial charge in [-0.3, -0.25) is 0 Å². The van der Waals surface area contributed by atoms with Crippen molar-refractivity contribution < 1.29 is 24.5 Å². The van der Waals surface area contributed by atoms with E-state index in [4.69, 9.17) is 37.8 Å². The maximum absolute atomic E-state index is 10.5. The summed E-state index contributed by atoms with van der Waals surface area (Å²) in [7, 11) is 0. The Bertz CT molecular complexity index is 726. The zero-order chi connectivity index (χ0) is 16.3. The van der Waals surface area contributed by atoms with Crippen LogP contribution in [0.1, 0.15) is 0 Å². The molecule has 22 heavy (non-hydrogen) atoms. The van der Waals surface area contributed by atoms with E-state index in [0.717, 1.165) is 0 Å². The van der Waals surface area contributed by atoms with Gasteiger partial charge in [0.1, 0.15) is 21.5 Å². The fourth-order valence-corrected chi connectivity index (χ4v) is 2.39. The molecule has 0 spiro atoms. The Morgan fingerprint density at radius 2 is 2.09 bits per heavy atom. The van der Waals surface area contributed by atoms with E-state index in [1.807, 2.05) is 22.6 Å². The van der Waals surface area contributed by atoms with Crippen LogP contribution in [0, 0.1) is 3.57 Å². The third-order valence-corrected chi connectivity index (χ3v) is 3.84. The Kier molecular flexibility index (Phi) is 5.54. The van der Waals surface area contributed by atoms with Crippen LogP contribution in [0.15, 0.2) is 24.4 Å². The Balaban J connectivity index is 2.31. The first-order valence-corrected chi connectivity index (χ1v) is 7.57. The molecule has 0 aliphatic heterocycles. The molecule has 6 nitrogen and oxygen atoms in total. The Morgan fingerprint density at radius 3 is 2.73 bits per heavy atom. The lowest BCUT2D eigenvalue weighted by Crippen LogP contribution is -2.10. The number of halogens is 3. The molecule has 0 bridgehead atoms. The number of carboxylic acids is 1. The molecule has 0 unspecified atom stereocenters. The van der Waals surface area contributed by atoms with E-state index in [2.05, 4.69) is 4.98 Å². The van der Waals surface area contributed by atoms with Gasteiger partial charge in [-0.25, -0.2) is 9.78 Å². The van der Waals surface area contributed by atoms with Gasteiger partial charge >= 0.3 is 5.97 Å². The number of benzene rings is 1. The molecule has 0 aliphatic rings. The van der Waals surface area contributed by atoms with E-state index < -0.39 is 12.6 Å². The fraction of sp³-hybridized carbons (Fsp3) is 0.0769. The first-order valence-electron chi connectivity index (χ1n) is 5.73. The van der Waals surface area contributed by atoms with Crippen LogP contribution in [0.25, 0.3) is 0 Å². The van der Waals surface area contributed by atoms with E-state index in [-0.39, 0.29) is 27.4 Å². The predicted octanol–water partition coefficient (Wildman–Crippen LogP) is 3.95. The van der Waals surface area contributed by atoms with Crippen LogP contribution in [-0.2, 0) is 4.79 Å². The normalized spacial score (nSPS) is 10.3. The van der Waals surface area contributed by atoms with Gasteiger partial charge in [0.15, 0.2) is 12.4 Å². The monoisotopic (exact) mass is 455 g/mol. The van der Waals surface area contributed by atoms with Gasteiger partial charge in [-0.15, -0.1) is 0 Å². The summed E-state index contributed by atoms with van der Waals surface area (Å²) in [6.45, 7) is -0.592. The summed E-state index contributed by atoms with van der Waals surface area (Å²) in [5.74, 6) is -0.674. The van der Waals surface area contributed by atoms with Crippen molar-refractivity contribution in [1.29, 1.82) is 0 Å². The van der Waals surface area contributed by atoms with Gasteiger partial charge in [-0.1, -0.05) is 23.2 Å². The van der Waals surface area contributed by atoms with Crippen LogP contribution in [0.3, 0.4) is 0 Å². The molecule has 2 rings (SSSR count). The highest BCUT2D eigenvalue weighted by Gasteiger charge is 2.17. The quantitative estimate of drug-likeness (QED) is 0.663. The molecule has 0 saturated carbocycles. The molecule has 1 aromatic heterocycles. The number of carbonyl (C=O) groups is 1. The van der Waals surface area contributed by atoms with Crippen LogP contribution in [-0.4, -0.2) is 27.8 Å². The lowest BCUT2D eigenvalue weighted by atomic mass is 10.3. The summed E-state index contributed by atoms with van der Waals surface area (Å²) in [4.78, 5) is 14.3. The van der Waals surface area contributed by atoms with Crippen molar-refractivity contribution in [2.75, 3.05) is 6.61 Å². The van der Waals surface area contributed by atoms with Crippen LogP contribution in [0.5, 0.6) is 23.1 Å². The minimum absolute atomic E-state index is 0.0446. The first-order chi connectivity index (χ1) is 10.4. The van der Waals surface area contributed by atoms with Gasteiger partial charge in [0.05, 0.1) is 9.77 Å². The molecule has 0 radical (unpaired) electrons. The van der Waals surface area contributed by atoms with Gasteiger partial charge in [0.2, 0.25) is 5.88 Å². The number of phenolic OH excluding ortho intramolecular Hbond substituents is 1. The molecule has 2 N–H and O–H groups in total. The van der Waals surface area contributed by atoms with Crippen molar-refractivity contribution in [2.45, 2.75) is 0 Å². The maximum Gasteiger partial charge on any atom is 0.341 e. The average Bonchev–Trinajstić information content (AvgIpc) is 2.46. The number of hydrogen-bond donors (Lipinski definition) is 2. The number of rotatable bonds is 5. The zero-order valence-electron chi connectivity index (χ0n) is 10.7. The summed E-state index contributed by atoms with van der Waals surface area (Å²) < 4.78 is 11.1. The van der Waals surface area contributed by atoms with Crippen molar-refractivity contribution in [3.05, 3.63) is 38.0 Å². The highest BCUT2D eigenvalue weighted by molar-refractivity contribution is 14.1. The Labute approximate surface area is 148 Å². The molecule has 2 aromatic rings. The molecule has 0 amide bonds. The van der Waals surface area contributed by atoms with E-state index in [0.29, 0.717) is 9.32 Å². The molecule has 0 saturated heterocycles. The number of ether oxygens (including phenoxy) is 2. The largest absolute Gasteiger partial charge is 0.507 e. The van der Waals surface area contributed by atoms with E-state index >= 15 is 0 Å². The highest BCUT2D eigenvalue weighted by Crippen LogP contribution is 2.41. The number of aromatic hydroxyl groups is 1. The molecule has 0 aliphatic carbocycles. The molecule has 0 atom stereocenters. The molecule has 1 heterocycles. The highest BCUT2D eigenvalue weighted by atomic mass is 127. The van der Waals surface area contributed by atoms with Crippen molar-refractivity contribution in [3.8, 4) is 23.1 Å². The topological polar surface area (TPSA) is 88.9 Å². The van der Waals surface area contributed by atoms with Gasteiger partial charge in [0, 0.05) is 0 Å². The lowest BCUT2D eigenvalue weighted by molar-refractivity contribution is -0.139. The minimum atomic E-state index is -1.16. The van der Waals surface area contributed by atoms with Crippen molar-refractivity contribution in [1.82, 2.24) is 4.98 Å². The molecule has 1 aromatic carbocycles. The number of aromatic nitrogens is 1. The number of phenols is 1. The van der Waals surface area contributed by atoms with Gasteiger partial charge in [-0.05, 0) is 40.8 Å². The van der Waals surface area contributed by atoms with Gasteiger partial charge < -0.3 is 19.7 Å². The SMILES string of the molecule is O=C(O)COc1ncc(Cl)c(Oc2ccc(O)c(I)c2)c1Cl. The van der Waals surface area contributed by atoms with Gasteiger partial charge in [-0.2, -0.15) is 0 Å². The number of nitrogens with zero attached hydrogens (tertiary/aromatic N) is 1. The van der Waals surface area contributed by atoms with Crippen molar-refractivity contribution >= 4 is 51.8 Å². The number of pyridine rings is 1. The predicted molar refractivity (Wildman–Crippen MR) is 88.3 cm³/mol. The van der Waals surface area contributed by atoms with E-state index in [1.54, 1.807) is 6.07 Å². The van der Waals surface area contributed by atoms with Crippen LogP contribution in [0.2, 0.25) is 10.0 Å². The molecular formula is C13H8Cl2INO5. The lowest BCUT2D eigenvalue weighted by Gasteiger charge is -2.12. The second-order valence-corrected chi connectivity index (χ2v) is 5.90. The fourth-order valence-electron chi connectivity index (χ4n) is 1.43. The zero-order valence-corrected chi connectivity index (χ0v) is 14.4. The van der Waals surface area contributed by atoms with Gasteiger partial charge in [0.25, 0.3) is 0 Å². The summed E-state index contributed by atoms with van der Waals surface area (Å²) in [6.07, 6.45) is 1.24. The smallest absolute Gasteiger partial charge is 0.341 e. The van der Waals surface area contributed by atoms with E-state index in [1.165, 1.54) is 18.3 Å². The first kappa shape index (κ1) is 16.9. The second kappa shape index (κ2) is 7.21. The van der Waals surface area contributed by atoms with Crippen LogP contribution in [0.4, 0.5) is 0 Å². The molecule has 0 fully saturated rings. The third kappa shape index (κ3) is 4.05. The van der Waals surface area contributed by atoms with Crippen LogP contribution < -0.4 is 9.47 Å². The van der Waals surface area contributed by atoms with Crippen molar-refractivity contribution in [2.24, 2.45) is 0 Å². The molecule has 116 valence electrons. The number of aliphatic carboxylic acids is 1. The summed E-state index contributed by atoms with van der Waals surface area (Å²) >= 11 is 14.0. The summed E-state index contributed by atoms with van der Waals surface area (Å²) in [5.41, 5.74) is 0. The summed E-state index contributed by atoms with van der Waals surface area (Å²) in [5, 5.41) is 18.2. The van der Waals surface area contributed by atoms with Crippen LogP contribution >= 0.6 is 45.8 Å². The Morgan fingerprint density at radius 1 is 1.36 bits per heavy atom. The Hall–Kier alpha value is -1.45. The van der Waals surface area contributed by atoms with E-state index in [9.17, 15) is 9.90 Å². The third-order valence-electron chi connectivity index (χ3n) is 2.37. The molecular weight excluding hydrogens is 448 g/mol. The second-order valence-electron chi connectivity index (χ2n) is 3.95. The number of hydrogen-bond acceptors (Lipinski definition) is 5. The number of carboxylic acid groups (broad SMARTS) is 1. The standard InChI is InChI=1S/C13H8Cl2INO5/c14-7-4-17-13(21-5-10(19)20)11(15)12(7)22-6-1-2-9(18)8(16)3-6/h1-4,18H,5H2,(H,19,20). The maximum atomic E-state index is 10.5. The van der Waals surface area contributed by atoms with Crippen molar-refractivity contribution in [3.63, 3.8) is 0 Å². The summed E-state index contributed by atoms with van der Waals surface area (Å²) in [6, 6.07) is 4.57. The molecule has 9 heteroatoms. The average molecular weight is 456 g/mol.